The average molecular weight is 379 g/mol. The summed E-state index contributed by atoms with van der Waals surface area (Å²) >= 11 is 0. The van der Waals surface area contributed by atoms with Crippen LogP contribution in [-0.2, 0) is 0 Å². The molecule has 1 unspecified atom stereocenters. The van der Waals surface area contributed by atoms with Crippen molar-refractivity contribution in [3.63, 3.8) is 0 Å². The van der Waals surface area contributed by atoms with Crippen LogP contribution in [0.2, 0.25) is 0 Å². The van der Waals surface area contributed by atoms with E-state index in [4.69, 9.17) is 0 Å². The van der Waals surface area contributed by atoms with Gasteiger partial charge in [-0.25, -0.2) is 0 Å². The number of hydrogen-bond acceptors (Lipinski definition) is 2. The van der Waals surface area contributed by atoms with Gasteiger partial charge in [0.1, 0.15) is 6.17 Å². The van der Waals surface area contributed by atoms with E-state index in [0.29, 0.717) is 12.2 Å². The highest BCUT2D eigenvalue weighted by Gasteiger charge is 2.26. The zero-order valence-corrected chi connectivity index (χ0v) is 19.2. The zero-order chi connectivity index (χ0) is 19.7. The average Bonchev–Trinajstić information content (AvgIpc) is 3.05. The molecule has 0 spiro atoms. The number of hydrogen-bond donors (Lipinski definition) is 0. The van der Waals surface area contributed by atoms with Gasteiger partial charge in [-0.2, -0.15) is 0 Å². The lowest BCUT2D eigenvalue weighted by atomic mass is 10.0. The van der Waals surface area contributed by atoms with Crippen molar-refractivity contribution in [1.29, 1.82) is 0 Å². The smallest absolute Gasteiger partial charge is 0.101 e. The number of unbranched alkanes of at least 4 members (excludes halogenated alkanes) is 13. The minimum Gasteiger partial charge on any atom is -0.356 e. The molecular weight excluding hydrogens is 328 g/mol. The van der Waals surface area contributed by atoms with Crippen molar-refractivity contribution < 1.29 is 0 Å². The van der Waals surface area contributed by atoms with Gasteiger partial charge in [-0.15, -0.1) is 0 Å². The molecule has 0 aromatic carbocycles. The molecule has 0 aliphatic carbocycles. The fraction of sp³-hybridized carbons (Fsp3) is 0.920. The highest BCUT2D eigenvalue weighted by Crippen LogP contribution is 2.24. The predicted octanol–water partition coefficient (Wildman–Crippen LogP) is 8.09. The van der Waals surface area contributed by atoms with Crippen LogP contribution in [0.25, 0.3) is 0 Å². The van der Waals surface area contributed by atoms with Crippen LogP contribution in [0.4, 0.5) is 0 Å². The Morgan fingerprint density at radius 2 is 1.11 bits per heavy atom. The van der Waals surface area contributed by atoms with Crippen LogP contribution in [0.15, 0.2) is 12.4 Å². The summed E-state index contributed by atoms with van der Waals surface area (Å²) in [5, 5.41) is 0. The van der Waals surface area contributed by atoms with Crippen molar-refractivity contribution in [1.82, 2.24) is 9.80 Å². The minimum absolute atomic E-state index is 0.611. The monoisotopic (exact) mass is 378 g/mol. The van der Waals surface area contributed by atoms with Gasteiger partial charge in [0, 0.05) is 25.0 Å². The molecule has 2 heteroatoms. The van der Waals surface area contributed by atoms with E-state index in [-0.39, 0.29) is 0 Å². The largest absolute Gasteiger partial charge is 0.356 e. The maximum atomic E-state index is 2.56. The Morgan fingerprint density at radius 1 is 0.630 bits per heavy atom. The first kappa shape index (κ1) is 24.4. The molecule has 1 heterocycles. The van der Waals surface area contributed by atoms with Crippen molar-refractivity contribution in [2.24, 2.45) is 0 Å². The summed E-state index contributed by atoms with van der Waals surface area (Å²) < 4.78 is 0. The maximum absolute atomic E-state index is 2.56. The summed E-state index contributed by atoms with van der Waals surface area (Å²) in [7, 11) is 0. The van der Waals surface area contributed by atoms with Gasteiger partial charge in [0.05, 0.1) is 0 Å². The summed E-state index contributed by atoms with van der Waals surface area (Å²) in [4.78, 5) is 5.11. The topological polar surface area (TPSA) is 6.48 Å². The van der Waals surface area contributed by atoms with E-state index in [9.17, 15) is 0 Å². The molecule has 0 saturated carbocycles. The van der Waals surface area contributed by atoms with Gasteiger partial charge in [-0.05, 0) is 33.1 Å². The fourth-order valence-electron chi connectivity index (χ4n) is 4.37. The SMILES string of the molecule is CCCCCCCCCCCCCCCCC1N(CCC)C=CN1C(C)C. The van der Waals surface area contributed by atoms with E-state index in [0.717, 1.165) is 0 Å². The Hall–Kier alpha value is -0.660. The third-order valence-corrected chi connectivity index (χ3v) is 6.05. The molecule has 0 aromatic heterocycles. The van der Waals surface area contributed by atoms with Gasteiger partial charge in [-0.3, -0.25) is 0 Å². The second-order valence-electron chi connectivity index (χ2n) is 8.94. The van der Waals surface area contributed by atoms with Crippen molar-refractivity contribution in [2.75, 3.05) is 6.54 Å². The van der Waals surface area contributed by atoms with Crippen molar-refractivity contribution in [2.45, 2.75) is 143 Å². The summed E-state index contributed by atoms with van der Waals surface area (Å²) in [5.41, 5.74) is 0. The van der Waals surface area contributed by atoms with Crippen molar-refractivity contribution in [3.05, 3.63) is 12.4 Å². The van der Waals surface area contributed by atoms with Crippen LogP contribution in [0.1, 0.15) is 130 Å². The van der Waals surface area contributed by atoms with Crippen LogP contribution >= 0.6 is 0 Å². The Kier molecular flexibility index (Phi) is 14.7. The van der Waals surface area contributed by atoms with Crippen LogP contribution < -0.4 is 0 Å². The van der Waals surface area contributed by atoms with Gasteiger partial charge < -0.3 is 9.80 Å². The van der Waals surface area contributed by atoms with E-state index in [1.807, 2.05) is 0 Å². The lowest BCUT2D eigenvalue weighted by molar-refractivity contribution is 0.115. The third-order valence-electron chi connectivity index (χ3n) is 6.05. The first-order valence-corrected chi connectivity index (χ1v) is 12.4. The Balaban J connectivity index is 1.94. The zero-order valence-electron chi connectivity index (χ0n) is 19.2. The molecule has 0 N–H and O–H groups in total. The lowest BCUT2D eigenvalue weighted by Crippen LogP contribution is -2.42. The molecule has 1 atom stereocenters. The molecular formula is C25H50N2. The Morgan fingerprint density at radius 3 is 1.56 bits per heavy atom. The van der Waals surface area contributed by atoms with E-state index < -0.39 is 0 Å². The van der Waals surface area contributed by atoms with E-state index in [2.05, 4.69) is 49.9 Å². The molecule has 0 aromatic rings. The molecule has 1 rings (SSSR count). The van der Waals surface area contributed by atoms with Crippen LogP contribution in [0, 0.1) is 0 Å². The Bertz CT molecular complexity index is 350. The third kappa shape index (κ3) is 11.1. The molecule has 0 amide bonds. The molecule has 160 valence electrons. The predicted molar refractivity (Wildman–Crippen MR) is 122 cm³/mol. The number of nitrogens with zero attached hydrogens (tertiary/aromatic N) is 2. The highest BCUT2D eigenvalue weighted by molar-refractivity contribution is 4.98. The molecule has 1 aliphatic rings. The number of rotatable bonds is 18. The van der Waals surface area contributed by atoms with Crippen molar-refractivity contribution >= 4 is 0 Å². The van der Waals surface area contributed by atoms with Gasteiger partial charge in [0.2, 0.25) is 0 Å². The summed E-state index contributed by atoms with van der Waals surface area (Å²) in [6.07, 6.45) is 28.0. The van der Waals surface area contributed by atoms with Gasteiger partial charge in [0.25, 0.3) is 0 Å². The van der Waals surface area contributed by atoms with E-state index in [1.165, 1.54) is 109 Å². The molecule has 0 saturated heterocycles. The normalized spacial score (nSPS) is 16.9. The second kappa shape index (κ2) is 16.3. The second-order valence-corrected chi connectivity index (χ2v) is 8.94. The quantitative estimate of drug-likeness (QED) is 0.222. The highest BCUT2D eigenvalue weighted by atomic mass is 15.4. The first-order chi connectivity index (χ1) is 13.2. The molecule has 1 aliphatic heterocycles. The van der Waals surface area contributed by atoms with Crippen LogP contribution in [0.5, 0.6) is 0 Å². The molecule has 0 fully saturated rings. The summed E-state index contributed by atoms with van der Waals surface area (Å²) in [6, 6.07) is 0.611. The van der Waals surface area contributed by atoms with Crippen LogP contribution in [-0.4, -0.2) is 28.6 Å². The molecule has 0 radical (unpaired) electrons. The standard InChI is InChI=1S/C25H50N2/c1-5-7-8-9-10-11-12-13-14-15-16-17-18-19-20-25-26(21-6-2)22-23-27(25)24(3)4/h22-25H,5-21H2,1-4H3. The summed E-state index contributed by atoms with van der Waals surface area (Å²) in [5.74, 6) is 0. The molecule has 27 heavy (non-hydrogen) atoms. The van der Waals surface area contributed by atoms with Crippen molar-refractivity contribution in [3.8, 4) is 0 Å². The van der Waals surface area contributed by atoms with Gasteiger partial charge in [-0.1, -0.05) is 97.3 Å². The fourth-order valence-corrected chi connectivity index (χ4v) is 4.37. The van der Waals surface area contributed by atoms with E-state index in [1.54, 1.807) is 0 Å². The summed E-state index contributed by atoms with van der Waals surface area (Å²) in [6.45, 7) is 10.4. The molecule has 0 bridgehead atoms. The van der Waals surface area contributed by atoms with E-state index >= 15 is 0 Å². The van der Waals surface area contributed by atoms with Gasteiger partial charge >= 0.3 is 0 Å². The molecule has 2 nitrogen and oxygen atoms in total. The minimum atomic E-state index is 0.611. The maximum Gasteiger partial charge on any atom is 0.101 e. The van der Waals surface area contributed by atoms with Gasteiger partial charge in [0.15, 0.2) is 0 Å². The Labute approximate surface area is 171 Å². The lowest BCUT2D eigenvalue weighted by Gasteiger charge is -2.35. The first-order valence-electron chi connectivity index (χ1n) is 12.4. The van der Waals surface area contributed by atoms with Crippen LogP contribution in [0.3, 0.4) is 0 Å².